The molecule has 0 aliphatic carbocycles. The van der Waals surface area contributed by atoms with Gasteiger partial charge in [0, 0.05) is 33.4 Å². The minimum atomic E-state index is 1.08. The van der Waals surface area contributed by atoms with Crippen LogP contribution in [0.2, 0.25) is 0 Å². The summed E-state index contributed by atoms with van der Waals surface area (Å²) in [5.74, 6) is 0. The van der Waals surface area contributed by atoms with Crippen LogP contribution < -0.4 is 4.90 Å². The molecule has 0 N–H and O–H groups in total. The number of hydrogen-bond donors (Lipinski definition) is 0. The molecule has 1 heterocycles. The highest BCUT2D eigenvalue weighted by molar-refractivity contribution is 6.21. The SMILES string of the molecule is c1ccc(-c2ccc(-c3ccccc3N(c3ccc(-c4cc5c6ccccc6ccc5c5ccccc45)cc3)c3cccc(-c4cccc(-n5c6ccccc6c6ccccc65)c4)c3)cc2)cc1. The smallest absolute Gasteiger partial charge is 0.0541 e. The Labute approximate surface area is 395 Å². The third-order valence-electron chi connectivity index (χ3n) is 13.8. The van der Waals surface area contributed by atoms with Crippen molar-refractivity contribution >= 4 is 71.2 Å². The first kappa shape index (κ1) is 39.4. The van der Waals surface area contributed by atoms with Gasteiger partial charge in [-0.15, -0.1) is 0 Å². The topological polar surface area (TPSA) is 8.17 Å². The molecule has 0 spiro atoms. The summed E-state index contributed by atoms with van der Waals surface area (Å²) < 4.78 is 2.40. The van der Waals surface area contributed by atoms with Crippen molar-refractivity contribution in [3.8, 4) is 50.2 Å². The molecule has 0 aliphatic heterocycles. The molecule has 0 saturated heterocycles. The van der Waals surface area contributed by atoms with Crippen molar-refractivity contribution in [3.63, 3.8) is 0 Å². The van der Waals surface area contributed by atoms with Gasteiger partial charge in [0.25, 0.3) is 0 Å². The Morgan fingerprint density at radius 2 is 0.779 bits per heavy atom. The molecule has 0 atom stereocenters. The molecule has 12 aromatic carbocycles. The van der Waals surface area contributed by atoms with Crippen molar-refractivity contribution in [2.24, 2.45) is 0 Å². The third-order valence-corrected chi connectivity index (χ3v) is 13.8. The fourth-order valence-corrected chi connectivity index (χ4v) is 10.6. The number of hydrogen-bond acceptors (Lipinski definition) is 1. The van der Waals surface area contributed by atoms with Gasteiger partial charge in [0.05, 0.1) is 16.7 Å². The van der Waals surface area contributed by atoms with Crippen molar-refractivity contribution in [1.82, 2.24) is 4.57 Å². The van der Waals surface area contributed by atoms with E-state index in [1.165, 1.54) is 76.4 Å². The highest BCUT2D eigenvalue weighted by Gasteiger charge is 2.20. The lowest BCUT2D eigenvalue weighted by molar-refractivity contribution is 1.18. The average Bonchev–Trinajstić information content (AvgIpc) is 3.76. The van der Waals surface area contributed by atoms with E-state index in [0.29, 0.717) is 0 Å². The lowest BCUT2D eigenvalue weighted by Gasteiger charge is -2.28. The second kappa shape index (κ2) is 16.5. The monoisotopic (exact) mass is 864 g/mol. The van der Waals surface area contributed by atoms with Gasteiger partial charge in [0.2, 0.25) is 0 Å². The summed E-state index contributed by atoms with van der Waals surface area (Å²) in [6.07, 6.45) is 0. The summed E-state index contributed by atoms with van der Waals surface area (Å²) in [6, 6.07) is 97.5. The highest BCUT2D eigenvalue weighted by atomic mass is 15.1. The first-order valence-corrected chi connectivity index (χ1v) is 23.4. The van der Waals surface area contributed by atoms with Gasteiger partial charge in [-0.05, 0) is 132 Å². The number of fused-ring (bicyclic) bond motifs is 8. The predicted octanol–water partition coefficient (Wildman–Crippen LogP) is 18.4. The molecule has 0 fully saturated rings. The zero-order valence-electron chi connectivity index (χ0n) is 37.3. The molecule has 0 aliphatic rings. The summed E-state index contributed by atoms with van der Waals surface area (Å²) in [5.41, 5.74) is 16.2. The van der Waals surface area contributed by atoms with E-state index in [4.69, 9.17) is 0 Å². The first-order valence-electron chi connectivity index (χ1n) is 23.4. The minimum Gasteiger partial charge on any atom is -0.310 e. The molecule has 0 unspecified atom stereocenters. The zero-order valence-corrected chi connectivity index (χ0v) is 37.3. The van der Waals surface area contributed by atoms with E-state index in [9.17, 15) is 0 Å². The molecule has 2 heteroatoms. The maximum atomic E-state index is 2.43. The second-order valence-electron chi connectivity index (χ2n) is 17.7. The molecule has 13 rings (SSSR count). The minimum absolute atomic E-state index is 1.08. The van der Waals surface area contributed by atoms with Crippen LogP contribution in [0, 0.1) is 0 Å². The van der Waals surface area contributed by atoms with Gasteiger partial charge >= 0.3 is 0 Å². The van der Waals surface area contributed by atoms with Gasteiger partial charge in [0.15, 0.2) is 0 Å². The molecular weight excluding hydrogens is 821 g/mol. The standard InChI is InChI=1S/C66H44N2/c1-2-16-45(17-3-1)46-32-34-48(35-33-46)56-24-8-11-29-64(56)67(52-39-36-49(37-40-52)62-44-63-55-23-5-4-18-47(55)38-41-59(63)57-25-6-7-26-58(57)62)53-21-14-19-50(42-53)51-20-15-22-54(43-51)68-65-30-12-9-27-60(65)61-28-10-13-31-66(61)68/h1-44H. The molecule has 1 aromatic heterocycles. The van der Waals surface area contributed by atoms with Crippen LogP contribution in [0.1, 0.15) is 0 Å². The van der Waals surface area contributed by atoms with Crippen LogP contribution >= 0.6 is 0 Å². The summed E-state index contributed by atoms with van der Waals surface area (Å²) in [7, 11) is 0. The van der Waals surface area contributed by atoms with Crippen LogP contribution in [0.25, 0.3) is 104 Å². The Hall–Kier alpha value is -8.98. The normalized spacial score (nSPS) is 11.5. The summed E-state index contributed by atoms with van der Waals surface area (Å²) in [6.45, 7) is 0. The van der Waals surface area contributed by atoms with Crippen molar-refractivity contribution in [3.05, 3.63) is 267 Å². The quantitative estimate of drug-likeness (QED) is 0.138. The molecule has 0 saturated carbocycles. The fourth-order valence-electron chi connectivity index (χ4n) is 10.6. The Kier molecular flexibility index (Phi) is 9.54. The van der Waals surface area contributed by atoms with E-state index in [0.717, 1.165) is 45.0 Å². The van der Waals surface area contributed by atoms with Crippen LogP contribution in [0.5, 0.6) is 0 Å². The molecular formula is C66H44N2. The lowest BCUT2D eigenvalue weighted by Crippen LogP contribution is -2.11. The van der Waals surface area contributed by atoms with Gasteiger partial charge in [-0.1, -0.05) is 206 Å². The van der Waals surface area contributed by atoms with E-state index >= 15 is 0 Å². The number of aromatic nitrogens is 1. The zero-order chi connectivity index (χ0) is 45.0. The summed E-state index contributed by atoms with van der Waals surface area (Å²) in [5, 5.41) is 10.1. The van der Waals surface area contributed by atoms with E-state index < -0.39 is 0 Å². The Bertz CT molecular complexity index is 3960. The molecule has 2 nitrogen and oxygen atoms in total. The van der Waals surface area contributed by atoms with Gasteiger partial charge in [-0.2, -0.15) is 0 Å². The number of nitrogens with zero attached hydrogens (tertiary/aromatic N) is 2. The van der Waals surface area contributed by atoms with E-state index in [1.807, 2.05) is 0 Å². The number of para-hydroxylation sites is 3. The summed E-state index contributed by atoms with van der Waals surface area (Å²) in [4.78, 5) is 2.43. The molecule has 0 bridgehead atoms. The summed E-state index contributed by atoms with van der Waals surface area (Å²) >= 11 is 0. The fraction of sp³-hybridized carbons (Fsp3) is 0. The van der Waals surface area contributed by atoms with Gasteiger partial charge in [-0.25, -0.2) is 0 Å². The number of benzene rings is 12. The average molecular weight is 865 g/mol. The van der Waals surface area contributed by atoms with Crippen LogP contribution in [-0.2, 0) is 0 Å². The highest BCUT2D eigenvalue weighted by Crippen LogP contribution is 2.44. The van der Waals surface area contributed by atoms with Gasteiger partial charge < -0.3 is 9.47 Å². The van der Waals surface area contributed by atoms with Crippen LogP contribution in [0.3, 0.4) is 0 Å². The predicted molar refractivity (Wildman–Crippen MR) is 290 cm³/mol. The molecule has 0 amide bonds. The van der Waals surface area contributed by atoms with Crippen LogP contribution in [0.15, 0.2) is 267 Å². The van der Waals surface area contributed by atoms with Crippen molar-refractivity contribution < 1.29 is 0 Å². The largest absolute Gasteiger partial charge is 0.310 e. The van der Waals surface area contributed by atoms with E-state index in [-0.39, 0.29) is 0 Å². The number of anilines is 3. The van der Waals surface area contributed by atoms with Crippen LogP contribution in [-0.4, -0.2) is 4.57 Å². The van der Waals surface area contributed by atoms with Gasteiger partial charge in [0.1, 0.15) is 0 Å². The maximum Gasteiger partial charge on any atom is 0.0541 e. The van der Waals surface area contributed by atoms with Gasteiger partial charge in [-0.3, -0.25) is 0 Å². The molecule has 68 heavy (non-hydrogen) atoms. The Morgan fingerprint density at radius 1 is 0.250 bits per heavy atom. The van der Waals surface area contributed by atoms with Crippen molar-refractivity contribution in [2.45, 2.75) is 0 Å². The Balaban J connectivity index is 0.956. The second-order valence-corrected chi connectivity index (χ2v) is 17.7. The molecule has 13 aromatic rings. The van der Waals surface area contributed by atoms with Crippen molar-refractivity contribution in [1.29, 1.82) is 0 Å². The van der Waals surface area contributed by atoms with E-state index in [1.54, 1.807) is 0 Å². The maximum absolute atomic E-state index is 2.43. The van der Waals surface area contributed by atoms with Crippen LogP contribution in [0.4, 0.5) is 17.1 Å². The number of rotatable bonds is 8. The Morgan fingerprint density at radius 3 is 1.54 bits per heavy atom. The van der Waals surface area contributed by atoms with E-state index in [2.05, 4.69) is 276 Å². The molecule has 0 radical (unpaired) electrons. The lowest BCUT2D eigenvalue weighted by atomic mass is 9.91. The van der Waals surface area contributed by atoms with Crippen molar-refractivity contribution in [2.75, 3.05) is 4.90 Å². The third kappa shape index (κ3) is 6.73. The first-order chi connectivity index (χ1) is 33.7. The molecule has 318 valence electrons.